The second-order valence-corrected chi connectivity index (χ2v) is 5.14. The van der Waals surface area contributed by atoms with Gasteiger partial charge in [0.1, 0.15) is 17.2 Å². The number of aliphatic imine (C=N–C) groups is 1. The van der Waals surface area contributed by atoms with Crippen molar-refractivity contribution in [2.45, 2.75) is 6.36 Å². The van der Waals surface area contributed by atoms with Crippen LogP contribution in [0, 0.1) is 0 Å². The minimum Gasteiger partial charge on any atom is -0.454 e. The summed E-state index contributed by atoms with van der Waals surface area (Å²) in [6, 6.07) is 9.12. The Labute approximate surface area is 126 Å². The van der Waals surface area contributed by atoms with Gasteiger partial charge >= 0.3 is 6.36 Å². The lowest BCUT2D eigenvalue weighted by Crippen LogP contribution is -2.16. The Morgan fingerprint density at radius 2 is 1.81 bits per heavy atom. The van der Waals surface area contributed by atoms with E-state index in [9.17, 15) is 13.2 Å². The molecule has 7 heteroatoms. The molecule has 2 aromatic carbocycles. The Morgan fingerprint density at radius 1 is 1.05 bits per heavy atom. The van der Waals surface area contributed by atoms with E-state index >= 15 is 0 Å². The first kappa shape index (κ1) is 13.9. The highest BCUT2D eigenvalue weighted by atomic mass is 79.9. The van der Waals surface area contributed by atoms with Gasteiger partial charge in [0.15, 0.2) is 5.75 Å². The SMILES string of the molecule is FC(F)(F)Oc1ccc2c(c1)N=Cc1cc(Br)ccc1O2. The normalized spacial score (nSPS) is 13.0. The fourth-order valence-corrected chi connectivity index (χ4v) is 2.23. The van der Waals surface area contributed by atoms with Gasteiger partial charge in [-0.05, 0) is 30.3 Å². The average molecular weight is 358 g/mol. The molecule has 1 heterocycles. The number of ether oxygens (including phenoxy) is 2. The van der Waals surface area contributed by atoms with Gasteiger partial charge in [-0.1, -0.05) is 15.9 Å². The fraction of sp³-hybridized carbons (Fsp3) is 0.0714. The van der Waals surface area contributed by atoms with Gasteiger partial charge < -0.3 is 9.47 Å². The molecule has 21 heavy (non-hydrogen) atoms. The van der Waals surface area contributed by atoms with Crippen molar-refractivity contribution in [3.8, 4) is 17.2 Å². The molecule has 0 N–H and O–H groups in total. The summed E-state index contributed by atoms with van der Waals surface area (Å²) in [5.41, 5.74) is 0.989. The van der Waals surface area contributed by atoms with Gasteiger partial charge in [0.2, 0.25) is 0 Å². The smallest absolute Gasteiger partial charge is 0.454 e. The van der Waals surface area contributed by atoms with Crippen LogP contribution < -0.4 is 9.47 Å². The third kappa shape index (κ3) is 3.18. The minimum absolute atomic E-state index is 0.268. The molecular formula is C14H7BrF3NO2. The van der Waals surface area contributed by atoms with Crippen LogP contribution in [0.2, 0.25) is 0 Å². The van der Waals surface area contributed by atoms with Crippen LogP contribution in [0.5, 0.6) is 17.2 Å². The summed E-state index contributed by atoms with van der Waals surface area (Å²) >= 11 is 3.33. The van der Waals surface area contributed by atoms with Gasteiger partial charge in [-0.3, -0.25) is 4.99 Å². The molecule has 0 fully saturated rings. The molecule has 0 unspecified atom stereocenters. The first-order chi connectivity index (χ1) is 9.90. The van der Waals surface area contributed by atoms with Crippen molar-refractivity contribution in [2.75, 3.05) is 0 Å². The number of hydrogen-bond acceptors (Lipinski definition) is 3. The summed E-state index contributed by atoms with van der Waals surface area (Å²) in [7, 11) is 0. The van der Waals surface area contributed by atoms with E-state index < -0.39 is 6.36 Å². The molecule has 0 spiro atoms. The molecule has 0 saturated carbocycles. The molecule has 1 aliphatic heterocycles. The lowest BCUT2D eigenvalue weighted by molar-refractivity contribution is -0.274. The highest BCUT2D eigenvalue weighted by molar-refractivity contribution is 9.10. The summed E-state index contributed by atoms with van der Waals surface area (Å²) in [6.45, 7) is 0. The van der Waals surface area contributed by atoms with E-state index in [-0.39, 0.29) is 11.4 Å². The maximum Gasteiger partial charge on any atom is 0.573 e. The average Bonchev–Trinajstić information content (AvgIpc) is 2.56. The predicted molar refractivity (Wildman–Crippen MR) is 74.6 cm³/mol. The predicted octanol–water partition coefficient (Wildman–Crippen LogP) is 5.20. The van der Waals surface area contributed by atoms with E-state index in [1.54, 1.807) is 18.2 Å². The number of nitrogens with zero attached hydrogens (tertiary/aromatic N) is 1. The topological polar surface area (TPSA) is 30.8 Å². The first-order valence-electron chi connectivity index (χ1n) is 5.82. The Kier molecular flexibility index (Phi) is 3.36. The minimum atomic E-state index is -4.74. The molecule has 108 valence electrons. The summed E-state index contributed by atoms with van der Waals surface area (Å²) in [5.74, 6) is 0.598. The number of halogens is 4. The van der Waals surface area contributed by atoms with Crippen LogP contribution in [0.4, 0.5) is 18.9 Å². The molecule has 0 atom stereocenters. The van der Waals surface area contributed by atoms with Crippen molar-refractivity contribution in [1.29, 1.82) is 0 Å². The van der Waals surface area contributed by atoms with E-state index in [0.717, 1.165) is 10.0 Å². The van der Waals surface area contributed by atoms with Crippen LogP contribution in [-0.2, 0) is 0 Å². The van der Waals surface area contributed by atoms with E-state index in [2.05, 4.69) is 25.7 Å². The van der Waals surface area contributed by atoms with Gasteiger partial charge in [-0.15, -0.1) is 13.2 Å². The second-order valence-electron chi connectivity index (χ2n) is 4.22. The molecule has 0 saturated heterocycles. The van der Waals surface area contributed by atoms with Gasteiger partial charge in [-0.2, -0.15) is 0 Å². The lowest BCUT2D eigenvalue weighted by Gasteiger charge is -2.11. The second kappa shape index (κ2) is 5.07. The van der Waals surface area contributed by atoms with Crippen LogP contribution in [0.15, 0.2) is 45.9 Å². The van der Waals surface area contributed by atoms with Gasteiger partial charge in [-0.25, -0.2) is 0 Å². The van der Waals surface area contributed by atoms with Crippen molar-refractivity contribution in [3.63, 3.8) is 0 Å². The Hall–Kier alpha value is -2.02. The number of hydrogen-bond donors (Lipinski definition) is 0. The van der Waals surface area contributed by atoms with E-state index in [4.69, 9.17) is 4.74 Å². The zero-order chi connectivity index (χ0) is 15.0. The fourth-order valence-electron chi connectivity index (χ4n) is 1.85. The zero-order valence-corrected chi connectivity index (χ0v) is 11.9. The maximum atomic E-state index is 12.2. The van der Waals surface area contributed by atoms with Crippen LogP contribution in [0.1, 0.15) is 5.56 Å². The van der Waals surface area contributed by atoms with Crippen LogP contribution in [0.25, 0.3) is 0 Å². The molecule has 0 amide bonds. The van der Waals surface area contributed by atoms with Crippen molar-refractivity contribution in [1.82, 2.24) is 0 Å². The Balaban J connectivity index is 1.98. The van der Waals surface area contributed by atoms with Crippen LogP contribution in [-0.4, -0.2) is 12.6 Å². The van der Waals surface area contributed by atoms with Crippen molar-refractivity contribution < 1.29 is 22.6 Å². The quantitative estimate of drug-likeness (QED) is 0.598. The van der Waals surface area contributed by atoms with Gasteiger partial charge in [0.05, 0.1) is 0 Å². The van der Waals surface area contributed by atoms with Gasteiger partial charge in [0.25, 0.3) is 0 Å². The molecule has 2 aromatic rings. The molecule has 3 nitrogen and oxygen atoms in total. The standard InChI is InChI=1S/C14H7BrF3NO2/c15-9-1-3-12-8(5-9)7-19-11-6-10(21-14(16,17)18)2-4-13(11)20-12/h1-7H. The van der Waals surface area contributed by atoms with Crippen LogP contribution >= 0.6 is 15.9 Å². The Bertz CT molecular complexity index is 729. The van der Waals surface area contributed by atoms with Crippen molar-refractivity contribution in [2.24, 2.45) is 4.99 Å². The lowest BCUT2D eigenvalue weighted by atomic mass is 10.2. The number of alkyl halides is 3. The van der Waals surface area contributed by atoms with Crippen molar-refractivity contribution >= 4 is 27.8 Å². The molecule has 0 aliphatic carbocycles. The van der Waals surface area contributed by atoms with Crippen molar-refractivity contribution in [3.05, 3.63) is 46.4 Å². The summed E-state index contributed by atoms with van der Waals surface area (Å²) < 4.78 is 47.0. The first-order valence-corrected chi connectivity index (χ1v) is 6.61. The maximum absolute atomic E-state index is 12.2. The number of fused-ring (bicyclic) bond motifs is 2. The Morgan fingerprint density at radius 3 is 2.57 bits per heavy atom. The highest BCUT2D eigenvalue weighted by Gasteiger charge is 2.31. The molecule has 0 bridgehead atoms. The van der Waals surface area contributed by atoms with E-state index in [1.807, 2.05) is 0 Å². The number of rotatable bonds is 1. The zero-order valence-electron chi connectivity index (χ0n) is 10.3. The molecular weight excluding hydrogens is 351 g/mol. The third-order valence-corrected chi connectivity index (χ3v) is 3.19. The van der Waals surface area contributed by atoms with E-state index in [1.165, 1.54) is 24.4 Å². The third-order valence-electron chi connectivity index (χ3n) is 2.70. The summed E-state index contributed by atoms with van der Waals surface area (Å²) in [5, 5.41) is 0. The monoisotopic (exact) mass is 357 g/mol. The summed E-state index contributed by atoms with van der Waals surface area (Å²) in [4.78, 5) is 4.14. The van der Waals surface area contributed by atoms with Gasteiger partial charge in [0, 0.05) is 22.3 Å². The molecule has 3 rings (SSSR count). The summed E-state index contributed by atoms with van der Waals surface area (Å²) in [6.07, 6.45) is -3.21. The largest absolute Gasteiger partial charge is 0.573 e. The molecule has 0 radical (unpaired) electrons. The van der Waals surface area contributed by atoms with E-state index in [0.29, 0.717) is 11.5 Å². The highest BCUT2D eigenvalue weighted by Crippen LogP contribution is 2.39. The number of benzene rings is 2. The molecule has 1 aliphatic rings. The molecule has 0 aromatic heterocycles. The van der Waals surface area contributed by atoms with Crippen LogP contribution in [0.3, 0.4) is 0 Å².